The molecule has 0 saturated carbocycles. The molecule has 0 aromatic heterocycles. The summed E-state index contributed by atoms with van der Waals surface area (Å²) in [6.45, 7) is 13.4. The maximum Gasteiger partial charge on any atom is 0.190 e. The van der Waals surface area contributed by atoms with Gasteiger partial charge in [0.15, 0.2) is 5.96 Å². The van der Waals surface area contributed by atoms with Gasteiger partial charge in [-0.25, -0.2) is 0 Å². The zero-order valence-corrected chi connectivity index (χ0v) is 16.6. The van der Waals surface area contributed by atoms with Crippen LogP contribution < -0.4 is 10.6 Å². The molecule has 0 aromatic carbocycles. The van der Waals surface area contributed by atoms with Gasteiger partial charge in [0.25, 0.3) is 0 Å². The highest BCUT2D eigenvalue weighted by molar-refractivity contribution is 14.0. The predicted molar refractivity (Wildman–Crippen MR) is 103 cm³/mol. The van der Waals surface area contributed by atoms with E-state index in [-0.39, 0.29) is 24.0 Å². The van der Waals surface area contributed by atoms with Gasteiger partial charge in [-0.1, -0.05) is 13.8 Å². The average Bonchev–Trinajstić information content (AvgIpc) is 2.48. The van der Waals surface area contributed by atoms with Crippen molar-refractivity contribution >= 4 is 29.9 Å². The molecule has 0 radical (unpaired) electrons. The first-order chi connectivity index (χ1) is 9.78. The molecular weight excluding hydrogens is 379 g/mol. The molecule has 5 nitrogen and oxygen atoms in total. The number of hydrogen-bond donors (Lipinski definition) is 2. The fourth-order valence-electron chi connectivity index (χ4n) is 1.95. The van der Waals surface area contributed by atoms with Gasteiger partial charge >= 0.3 is 0 Å². The summed E-state index contributed by atoms with van der Waals surface area (Å²) in [6, 6.07) is 0. The summed E-state index contributed by atoms with van der Waals surface area (Å²) >= 11 is 0. The Morgan fingerprint density at radius 1 is 1.00 bits per heavy atom. The molecule has 0 aliphatic heterocycles. The summed E-state index contributed by atoms with van der Waals surface area (Å²) in [5.74, 6) is 0.893. The molecule has 6 heteroatoms. The van der Waals surface area contributed by atoms with E-state index in [4.69, 9.17) is 4.74 Å². The van der Waals surface area contributed by atoms with Gasteiger partial charge in [-0.3, -0.25) is 4.99 Å². The fraction of sp³-hybridized carbons (Fsp3) is 0.933. The van der Waals surface area contributed by atoms with Gasteiger partial charge in [0, 0.05) is 33.4 Å². The maximum atomic E-state index is 5.30. The van der Waals surface area contributed by atoms with Gasteiger partial charge in [0.05, 0.1) is 0 Å². The van der Waals surface area contributed by atoms with Crippen molar-refractivity contribution in [2.75, 3.05) is 53.0 Å². The van der Waals surface area contributed by atoms with Crippen molar-refractivity contribution in [3.63, 3.8) is 0 Å². The van der Waals surface area contributed by atoms with Crippen LogP contribution in [0.2, 0.25) is 0 Å². The Labute approximate surface area is 148 Å². The molecule has 0 spiro atoms. The van der Waals surface area contributed by atoms with Crippen LogP contribution in [0, 0.1) is 0 Å². The second kappa shape index (κ2) is 18.0. The van der Waals surface area contributed by atoms with Crippen LogP contribution >= 0.6 is 24.0 Å². The number of guanidine groups is 1. The largest absolute Gasteiger partial charge is 0.382 e. The number of aliphatic imine (C=N–C) groups is 1. The van der Waals surface area contributed by atoms with E-state index in [2.05, 4.69) is 34.4 Å². The van der Waals surface area contributed by atoms with Crippen LogP contribution in [0.3, 0.4) is 0 Å². The Balaban J connectivity index is 0. The minimum Gasteiger partial charge on any atom is -0.382 e. The molecule has 0 bridgehead atoms. The van der Waals surface area contributed by atoms with E-state index < -0.39 is 0 Å². The highest BCUT2D eigenvalue weighted by atomic mass is 127. The van der Waals surface area contributed by atoms with E-state index in [1.807, 2.05) is 14.0 Å². The third-order valence-corrected chi connectivity index (χ3v) is 3.27. The van der Waals surface area contributed by atoms with E-state index >= 15 is 0 Å². The molecule has 0 aliphatic rings. The lowest BCUT2D eigenvalue weighted by molar-refractivity contribution is 0.145. The summed E-state index contributed by atoms with van der Waals surface area (Å²) in [4.78, 5) is 6.67. The van der Waals surface area contributed by atoms with Gasteiger partial charge in [-0.05, 0) is 45.8 Å². The monoisotopic (exact) mass is 414 g/mol. The van der Waals surface area contributed by atoms with Crippen molar-refractivity contribution in [3.8, 4) is 0 Å². The second-order valence-corrected chi connectivity index (χ2v) is 4.71. The SMILES string of the molecule is CCOCCCNC(=NC)NCCCCN(CC)CC.I. The first kappa shape index (κ1) is 23.2. The summed E-state index contributed by atoms with van der Waals surface area (Å²) in [5, 5.41) is 6.65. The van der Waals surface area contributed by atoms with Crippen LogP contribution in [0.25, 0.3) is 0 Å². The number of hydrogen-bond acceptors (Lipinski definition) is 3. The molecule has 21 heavy (non-hydrogen) atoms. The minimum atomic E-state index is 0. The van der Waals surface area contributed by atoms with Crippen molar-refractivity contribution in [2.24, 2.45) is 4.99 Å². The number of halogens is 1. The van der Waals surface area contributed by atoms with E-state index in [1.165, 1.54) is 19.4 Å². The minimum absolute atomic E-state index is 0. The molecule has 0 rings (SSSR count). The Morgan fingerprint density at radius 2 is 1.62 bits per heavy atom. The molecule has 0 saturated heterocycles. The molecule has 0 aliphatic carbocycles. The van der Waals surface area contributed by atoms with Gasteiger partial charge in [0.1, 0.15) is 0 Å². The van der Waals surface area contributed by atoms with Crippen LogP contribution in [0.5, 0.6) is 0 Å². The molecule has 2 N–H and O–H groups in total. The molecule has 0 heterocycles. The summed E-state index contributed by atoms with van der Waals surface area (Å²) in [5.41, 5.74) is 0. The molecule has 0 atom stereocenters. The van der Waals surface area contributed by atoms with Crippen molar-refractivity contribution in [1.82, 2.24) is 15.5 Å². The van der Waals surface area contributed by atoms with Crippen molar-refractivity contribution in [1.29, 1.82) is 0 Å². The zero-order chi connectivity index (χ0) is 15.1. The van der Waals surface area contributed by atoms with Gasteiger partial charge in [-0.2, -0.15) is 0 Å². The van der Waals surface area contributed by atoms with E-state index in [9.17, 15) is 0 Å². The van der Waals surface area contributed by atoms with Gasteiger partial charge < -0.3 is 20.3 Å². The highest BCUT2D eigenvalue weighted by Crippen LogP contribution is 1.93. The number of nitrogens with one attached hydrogen (secondary N) is 2. The quantitative estimate of drug-likeness (QED) is 0.223. The highest BCUT2D eigenvalue weighted by Gasteiger charge is 1.99. The zero-order valence-electron chi connectivity index (χ0n) is 14.3. The maximum absolute atomic E-state index is 5.30. The van der Waals surface area contributed by atoms with Crippen LogP contribution in [0.15, 0.2) is 4.99 Å². The van der Waals surface area contributed by atoms with Gasteiger partial charge in [-0.15, -0.1) is 24.0 Å². The second-order valence-electron chi connectivity index (χ2n) is 4.71. The van der Waals surface area contributed by atoms with Crippen LogP contribution in [-0.4, -0.2) is 63.8 Å². The number of nitrogens with zero attached hydrogens (tertiary/aromatic N) is 2. The van der Waals surface area contributed by atoms with Crippen LogP contribution in [-0.2, 0) is 4.74 Å². The van der Waals surface area contributed by atoms with E-state index in [0.717, 1.165) is 51.8 Å². The van der Waals surface area contributed by atoms with Crippen LogP contribution in [0.4, 0.5) is 0 Å². The Morgan fingerprint density at radius 3 is 2.14 bits per heavy atom. The van der Waals surface area contributed by atoms with E-state index in [1.54, 1.807) is 0 Å². The molecule has 0 unspecified atom stereocenters. The molecular formula is C15H35IN4O. The van der Waals surface area contributed by atoms with Crippen molar-refractivity contribution < 1.29 is 4.74 Å². The van der Waals surface area contributed by atoms with Crippen molar-refractivity contribution in [2.45, 2.75) is 40.0 Å². The van der Waals surface area contributed by atoms with Crippen molar-refractivity contribution in [3.05, 3.63) is 0 Å². The first-order valence-corrected chi connectivity index (χ1v) is 8.03. The third-order valence-electron chi connectivity index (χ3n) is 3.27. The lowest BCUT2D eigenvalue weighted by Crippen LogP contribution is -2.38. The topological polar surface area (TPSA) is 48.9 Å². The Kier molecular flexibility index (Phi) is 19.8. The molecule has 0 amide bonds. The Bertz CT molecular complexity index is 236. The summed E-state index contributed by atoms with van der Waals surface area (Å²) < 4.78 is 5.30. The average molecular weight is 414 g/mol. The fourth-order valence-corrected chi connectivity index (χ4v) is 1.95. The standard InChI is InChI=1S/C15H34N4O.HI/c1-5-19(6-2)13-9-8-11-17-15(16-4)18-12-10-14-20-7-3;/h5-14H2,1-4H3,(H2,16,17,18);1H. The van der Waals surface area contributed by atoms with E-state index in [0.29, 0.717) is 0 Å². The summed E-state index contributed by atoms with van der Waals surface area (Å²) in [7, 11) is 1.81. The molecule has 0 fully saturated rings. The van der Waals surface area contributed by atoms with Gasteiger partial charge in [0.2, 0.25) is 0 Å². The third kappa shape index (κ3) is 14.6. The molecule has 128 valence electrons. The smallest absolute Gasteiger partial charge is 0.190 e. The lowest BCUT2D eigenvalue weighted by Gasteiger charge is -2.18. The number of ether oxygens (including phenoxy) is 1. The normalized spacial score (nSPS) is 11.4. The number of unbranched alkanes of at least 4 members (excludes halogenated alkanes) is 1. The number of rotatable bonds is 12. The summed E-state index contributed by atoms with van der Waals surface area (Å²) in [6.07, 6.45) is 3.42. The predicted octanol–water partition coefficient (Wildman–Crippen LogP) is 2.32. The van der Waals surface area contributed by atoms with Crippen LogP contribution in [0.1, 0.15) is 40.0 Å². The first-order valence-electron chi connectivity index (χ1n) is 8.03. The Hall–Kier alpha value is -0.0800. The lowest BCUT2D eigenvalue weighted by atomic mass is 10.3. The molecule has 0 aromatic rings.